The van der Waals surface area contributed by atoms with Crippen molar-refractivity contribution in [2.75, 3.05) is 11.9 Å². The molecule has 1 amide bonds. The summed E-state index contributed by atoms with van der Waals surface area (Å²) in [6.45, 7) is 0.254. The first-order valence-electron chi connectivity index (χ1n) is 5.60. The quantitative estimate of drug-likeness (QED) is 0.761. The zero-order valence-electron chi connectivity index (χ0n) is 9.32. The van der Waals surface area contributed by atoms with E-state index in [9.17, 15) is 4.79 Å². The highest BCUT2D eigenvalue weighted by molar-refractivity contribution is 6.30. The second-order valence-corrected chi connectivity index (χ2v) is 4.70. The summed E-state index contributed by atoms with van der Waals surface area (Å²) in [6.07, 6.45) is 1.25. The number of rotatable bonds is 4. The number of hydrogen-bond acceptors (Lipinski definition) is 3. The van der Waals surface area contributed by atoms with Gasteiger partial charge in [0, 0.05) is 16.8 Å². The molecule has 1 saturated carbocycles. The molecule has 3 N–H and O–H groups in total. The minimum atomic E-state index is -0.205. The summed E-state index contributed by atoms with van der Waals surface area (Å²) >= 11 is 5.81. The van der Waals surface area contributed by atoms with Crippen molar-refractivity contribution in [1.82, 2.24) is 5.32 Å². The van der Waals surface area contributed by atoms with Crippen LogP contribution in [0.2, 0.25) is 5.02 Å². The lowest BCUT2D eigenvalue weighted by Crippen LogP contribution is -2.46. The van der Waals surface area contributed by atoms with Gasteiger partial charge in [-0.05, 0) is 31.0 Å². The lowest BCUT2D eigenvalue weighted by Gasteiger charge is -2.31. The molecule has 1 aliphatic carbocycles. The third kappa shape index (κ3) is 3.70. The fourth-order valence-electron chi connectivity index (χ4n) is 1.76. The van der Waals surface area contributed by atoms with Gasteiger partial charge in [-0.2, -0.15) is 0 Å². The SMILES string of the molecule is O=C(CNC1CC(O)C1)Nc1cccc(Cl)c1. The van der Waals surface area contributed by atoms with Crippen LogP contribution in [-0.4, -0.2) is 29.7 Å². The molecule has 92 valence electrons. The number of benzene rings is 1. The van der Waals surface area contributed by atoms with Crippen LogP contribution in [0, 0.1) is 0 Å². The molecule has 1 aromatic rings. The Labute approximate surface area is 105 Å². The fraction of sp³-hybridized carbons (Fsp3) is 0.417. The summed E-state index contributed by atoms with van der Waals surface area (Å²) in [5.74, 6) is -0.103. The standard InChI is InChI=1S/C12H15ClN2O2/c13-8-2-1-3-9(4-8)15-12(17)7-14-10-5-11(16)6-10/h1-4,10-11,14,16H,5-7H2,(H,15,17). The molecule has 0 atom stereocenters. The molecular weight excluding hydrogens is 240 g/mol. The van der Waals surface area contributed by atoms with Crippen LogP contribution in [0.25, 0.3) is 0 Å². The van der Waals surface area contributed by atoms with Crippen LogP contribution < -0.4 is 10.6 Å². The average Bonchev–Trinajstić information content (AvgIpc) is 2.23. The third-order valence-corrected chi connectivity index (χ3v) is 3.01. The van der Waals surface area contributed by atoms with E-state index in [0.717, 1.165) is 12.8 Å². The molecule has 0 saturated heterocycles. The van der Waals surface area contributed by atoms with Gasteiger partial charge in [0.1, 0.15) is 0 Å². The molecule has 0 heterocycles. The second kappa shape index (κ2) is 5.49. The van der Waals surface area contributed by atoms with E-state index in [0.29, 0.717) is 10.7 Å². The molecule has 1 aromatic carbocycles. The van der Waals surface area contributed by atoms with E-state index in [1.165, 1.54) is 0 Å². The minimum absolute atomic E-state index is 0.103. The van der Waals surface area contributed by atoms with Gasteiger partial charge in [-0.15, -0.1) is 0 Å². The maximum Gasteiger partial charge on any atom is 0.238 e. The highest BCUT2D eigenvalue weighted by Crippen LogP contribution is 2.19. The Kier molecular flexibility index (Phi) is 3.99. The van der Waals surface area contributed by atoms with Gasteiger partial charge in [0.05, 0.1) is 12.6 Å². The van der Waals surface area contributed by atoms with Crippen molar-refractivity contribution < 1.29 is 9.90 Å². The van der Waals surface area contributed by atoms with E-state index in [-0.39, 0.29) is 24.6 Å². The second-order valence-electron chi connectivity index (χ2n) is 4.26. The first-order valence-corrected chi connectivity index (χ1v) is 5.98. The largest absolute Gasteiger partial charge is 0.393 e. The number of aliphatic hydroxyl groups excluding tert-OH is 1. The maximum atomic E-state index is 11.6. The molecular formula is C12H15ClN2O2. The van der Waals surface area contributed by atoms with Crippen LogP contribution in [0.1, 0.15) is 12.8 Å². The zero-order valence-corrected chi connectivity index (χ0v) is 10.1. The van der Waals surface area contributed by atoms with Crippen LogP contribution in [0.3, 0.4) is 0 Å². The molecule has 0 bridgehead atoms. The number of halogens is 1. The van der Waals surface area contributed by atoms with Crippen LogP contribution in [0.5, 0.6) is 0 Å². The molecule has 0 aromatic heterocycles. The predicted octanol–water partition coefficient (Wildman–Crippen LogP) is 1.39. The third-order valence-electron chi connectivity index (χ3n) is 2.77. The monoisotopic (exact) mass is 254 g/mol. The van der Waals surface area contributed by atoms with E-state index in [1.54, 1.807) is 24.3 Å². The van der Waals surface area contributed by atoms with Crippen LogP contribution >= 0.6 is 11.6 Å². The Balaban J connectivity index is 1.73. The Morgan fingerprint density at radius 2 is 2.24 bits per heavy atom. The zero-order chi connectivity index (χ0) is 12.3. The van der Waals surface area contributed by atoms with Crippen molar-refractivity contribution in [2.24, 2.45) is 0 Å². The van der Waals surface area contributed by atoms with E-state index in [1.807, 2.05) is 0 Å². The maximum absolute atomic E-state index is 11.6. The average molecular weight is 255 g/mol. The number of amides is 1. The molecule has 0 aliphatic heterocycles. The van der Waals surface area contributed by atoms with Crippen molar-refractivity contribution in [3.05, 3.63) is 29.3 Å². The Hall–Kier alpha value is -1.10. The van der Waals surface area contributed by atoms with Gasteiger partial charge in [0.25, 0.3) is 0 Å². The summed E-state index contributed by atoms with van der Waals surface area (Å²) in [7, 11) is 0. The smallest absolute Gasteiger partial charge is 0.238 e. The molecule has 5 heteroatoms. The number of carbonyl (C=O) groups excluding carboxylic acids is 1. The van der Waals surface area contributed by atoms with E-state index < -0.39 is 0 Å². The fourth-order valence-corrected chi connectivity index (χ4v) is 1.95. The molecule has 4 nitrogen and oxygen atoms in total. The highest BCUT2D eigenvalue weighted by Gasteiger charge is 2.26. The van der Waals surface area contributed by atoms with Crippen molar-refractivity contribution in [2.45, 2.75) is 25.0 Å². The summed E-state index contributed by atoms with van der Waals surface area (Å²) in [6, 6.07) is 7.29. The summed E-state index contributed by atoms with van der Waals surface area (Å²) in [4.78, 5) is 11.6. The predicted molar refractivity (Wildman–Crippen MR) is 67.1 cm³/mol. The first-order chi connectivity index (χ1) is 8.13. The summed E-state index contributed by atoms with van der Waals surface area (Å²) in [5, 5.41) is 15.5. The molecule has 2 rings (SSSR count). The Morgan fingerprint density at radius 1 is 1.47 bits per heavy atom. The lowest BCUT2D eigenvalue weighted by molar-refractivity contribution is -0.115. The normalized spacial score (nSPS) is 22.9. The Morgan fingerprint density at radius 3 is 2.88 bits per heavy atom. The number of anilines is 1. The van der Waals surface area contributed by atoms with Crippen LogP contribution in [0.15, 0.2) is 24.3 Å². The van der Waals surface area contributed by atoms with Gasteiger partial charge >= 0.3 is 0 Å². The number of hydrogen-bond donors (Lipinski definition) is 3. The van der Waals surface area contributed by atoms with E-state index in [2.05, 4.69) is 10.6 Å². The number of carbonyl (C=O) groups is 1. The van der Waals surface area contributed by atoms with Crippen LogP contribution in [-0.2, 0) is 4.79 Å². The molecule has 0 spiro atoms. The van der Waals surface area contributed by atoms with Crippen molar-refractivity contribution in [1.29, 1.82) is 0 Å². The van der Waals surface area contributed by atoms with Gasteiger partial charge < -0.3 is 15.7 Å². The number of aliphatic hydroxyl groups is 1. The molecule has 1 aliphatic rings. The van der Waals surface area contributed by atoms with Crippen molar-refractivity contribution in [3.8, 4) is 0 Å². The molecule has 17 heavy (non-hydrogen) atoms. The van der Waals surface area contributed by atoms with Crippen LogP contribution in [0.4, 0.5) is 5.69 Å². The minimum Gasteiger partial charge on any atom is -0.393 e. The van der Waals surface area contributed by atoms with Crippen molar-refractivity contribution >= 4 is 23.2 Å². The lowest BCUT2D eigenvalue weighted by atomic mass is 9.89. The summed E-state index contributed by atoms with van der Waals surface area (Å²) in [5.41, 5.74) is 0.693. The molecule has 0 radical (unpaired) electrons. The Bertz CT molecular complexity index is 405. The van der Waals surface area contributed by atoms with Gasteiger partial charge in [-0.3, -0.25) is 4.79 Å². The van der Waals surface area contributed by atoms with Gasteiger partial charge in [-0.25, -0.2) is 0 Å². The topological polar surface area (TPSA) is 61.4 Å². The van der Waals surface area contributed by atoms with Crippen molar-refractivity contribution in [3.63, 3.8) is 0 Å². The van der Waals surface area contributed by atoms with Gasteiger partial charge in [0.2, 0.25) is 5.91 Å². The number of nitrogens with one attached hydrogen (secondary N) is 2. The van der Waals surface area contributed by atoms with E-state index in [4.69, 9.17) is 16.7 Å². The highest BCUT2D eigenvalue weighted by atomic mass is 35.5. The first kappa shape index (κ1) is 12.4. The van der Waals surface area contributed by atoms with Gasteiger partial charge in [-0.1, -0.05) is 17.7 Å². The van der Waals surface area contributed by atoms with Gasteiger partial charge in [0.15, 0.2) is 0 Å². The molecule has 0 unspecified atom stereocenters. The van der Waals surface area contributed by atoms with E-state index >= 15 is 0 Å². The molecule has 1 fully saturated rings. The summed E-state index contributed by atoms with van der Waals surface area (Å²) < 4.78 is 0.